The van der Waals surface area contributed by atoms with Crippen molar-refractivity contribution in [1.29, 1.82) is 0 Å². The van der Waals surface area contributed by atoms with Crippen LogP contribution in [-0.2, 0) is 0 Å². The number of hydrogen-bond acceptors (Lipinski definition) is 1. The Kier molecular flexibility index (Phi) is 2.77. The molecule has 1 aliphatic carbocycles. The molecule has 1 N–H and O–H groups in total. The van der Waals surface area contributed by atoms with Crippen LogP contribution in [0, 0.1) is 18.3 Å². The molecule has 56 valence electrons. The Morgan fingerprint density at radius 1 is 1.50 bits per heavy atom. The Morgan fingerprint density at radius 3 is 2.80 bits per heavy atom. The van der Waals surface area contributed by atoms with Crippen molar-refractivity contribution in [1.82, 2.24) is 0 Å². The van der Waals surface area contributed by atoms with Gasteiger partial charge in [-0.15, -0.1) is 12.3 Å². The summed E-state index contributed by atoms with van der Waals surface area (Å²) in [5.41, 5.74) is 0. The zero-order chi connectivity index (χ0) is 7.40. The lowest BCUT2D eigenvalue weighted by Gasteiger charge is -2.04. The van der Waals surface area contributed by atoms with Crippen molar-refractivity contribution in [2.75, 3.05) is 0 Å². The van der Waals surface area contributed by atoms with Crippen LogP contribution < -0.4 is 0 Å². The molecule has 0 bridgehead atoms. The highest BCUT2D eigenvalue weighted by atomic mass is 16.3. The summed E-state index contributed by atoms with van der Waals surface area (Å²) in [6.07, 6.45) is 10.2. The monoisotopic (exact) mass is 138 g/mol. The number of aliphatic hydroxyl groups excluding tert-OH is 1. The Labute approximate surface area is 62.4 Å². The first-order valence-electron chi connectivity index (χ1n) is 3.94. The molecule has 0 spiro atoms. The lowest BCUT2D eigenvalue weighted by molar-refractivity contribution is 0.177. The first-order chi connectivity index (χ1) is 4.83. The number of rotatable bonds is 2. The Hall–Kier alpha value is -0.480. The smallest absolute Gasteiger partial charge is 0.0543 e. The van der Waals surface area contributed by atoms with Gasteiger partial charge < -0.3 is 5.11 Å². The molecule has 0 aromatic carbocycles. The molecular formula is C9H14O. The van der Waals surface area contributed by atoms with Gasteiger partial charge in [-0.3, -0.25) is 0 Å². The second-order valence-electron chi connectivity index (χ2n) is 3.08. The minimum atomic E-state index is -0.0391. The predicted octanol–water partition coefficient (Wildman–Crippen LogP) is 1.56. The first kappa shape index (κ1) is 7.63. The Balaban J connectivity index is 2.14. The molecule has 0 aliphatic heterocycles. The van der Waals surface area contributed by atoms with Crippen molar-refractivity contribution in [3.05, 3.63) is 0 Å². The SMILES string of the molecule is C#CCCC1CCC(O)C1. The lowest BCUT2D eigenvalue weighted by Crippen LogP contribution is -1.99. The van der Waals surface area contributed by atoms with Crippen molar-refractivity contribution in [2.24, 2.45) is 5.92 Å². The summed E-state index contributed by atoms with van der Waals surface area (Å²) < 4.78 is 0. The third-order valence-corrected chi connectivity index (χ3v) is 2.21. The fourth-order valence-corrected chi connectivity index (χ4v) is 1.60. The molecule has 1 fully saturated rings. The molecule has 2 unspecified atom stereocenters. The van der Waals surface area contributed by atoms with Crippen LogP contribution >= 0.6 is 0 Å². The third-order valence-electron chi connectivity index (χ3n) is 2.21. The second kappa shape index (κ2) is 3.63. The molecule has 1 rings (SSSR count). The highest BCUT2D eigenvalue weighted by Gasteiger charge is 2.21. The van der Waals surface area contributed by atoms with Gasteiger partial charge >= 0.3 is 0 Å². The quantitative estimate of drug-likeness (QED) is 0.574. The molecule has 0 radical (unpaired) electrons. The van der Waals surface area contributed by atoms with E-state index < -0.39 is 0 Å². The van der Waals surface area contributed by atoms with Crippen molar-refractivity contribution >= 4 is 0 Å². The normalized spacial score (nSPS) is 32.0. The molecule has 1 aliphatic rings. The summed E-state index contributed by atoms with van der Waals surface area (Å²) in [5, 5.41) is 9.15. The zero-order valence-corrected chi connectivity index (χ0v) is 6.21. The number of aliphatic hydroxyl groups is 1. The van der Waals surface area contributed by atoms with Gasteiger partial charge in [0.2, 0.25) is 0 Å². The molecule has 0 heterocycles. The van der Waals surface area contributed by atoms with Crippen molar-refractivity contribution < 1.29 is 5.11 Å². The van der Waals surface area contributed by atoms with E-state index in [0.717, 1.165) is 25.7 Å². The summed E-state index contributed by atoms with van der Waals surface area (Å²) >= 11 is 0. The molecule has 0 saturated heterocycles. The molecule has 1 saturated carbocycles. The average Bonchev–Trinajstić information content (AvgIpc) is 2.31. The molecule has 1 nitrogen and oxygen atoms in total. The maximum absolute atomic E-state index is 9.15. The van der Waals surface area contributed by atoms with Crippen LogP contribution in [0.15, 0.2) is 0 Å². The van der Waals surface area contributed by atoms with E-state index in [2.05, 4.69) is 5.92 Å². The molecule has 0 aromatic rings. The lowest BCUT2D eigenvalue weighted by atomic mass is 10.0. The highest BCUT2D eigenvalue weighted by molar-refractivity contribution is 4.86. The van der Waals surface area contributed by atoms with Gasteiger partial charge in [0.1, 0.15) is 0 Å². The van der Waals surface area contributed by atoms with Gasteiger partial charge in [0, 0.05) is 6.42 Å². The highest BCUT2D eigenvalue weighted by Crippen LogP contribution is 2.28. The van der Waals surface area contributed by atoms with Crippen LogP contribution in [0.25, 0.3) is 0 Å². The van der Waals surface area contributed by atoms with Gasteiger partial charge in [-0.1, -0.05) is 0 Å². The van der Waals surface area contributed by atoms with E-state index in [9.17, 15) is 0 Å². The molecule has 0 amide bonds. The maximum atomic E-state index is 9.15. The topological polar surface area (TPSA) is 20.2 Å². The molecular weight excluding hydrogens is 124 g/mol. The largest absolute Gasteiger partial charge is 0.393 e. The van der Waals surface area contributed by atoms with E-state index in [1.165, 1.54) is 6.42 Å². The van der Waals surface area contributed by atoms with Crippen molar-refractivity contribution in [3.8, 4) is 12.3 Å². The van der Waals surface area contributed by atoms with Gasteiger partial charge in [0.25, 0.3) is 0 Å². The van der Waals surface area contributed by atoms with Gasteiger partial charge in [0.15, 0.2) is 0 Å². The Morgan fingerprint density at radius 2 is 2.30 bits per heavy atom. The van der Waals surface area contributed by atoms with Crippen LogP contribution in [0.2, 0.25) is 0 Å². The molecule has 2 atom stereocenters. The van der Waals surface area contributed by atoms with E-state index in [1.807, 2.05) is 0 Å². The molecule has 0 aromatic heterocycles. The van der Waals surface area contributed by atoms with E-state index >= 15 is 0 Å². The van der Waals surface area contributed by atoms with Gasteiger partial charge in [-0.25, -0.2) is 0 Å². The summed E-state index contributed by atoms with van der Waals surface area (Å²) in [7, 11) is 0. The molecule has 1 heteroatoms. The maximum Gasteiger partial charge on any atom is 0.0543 e. The van der Waals surface area contributed by atoms with Gasteiger partial charge in [-0.05, 0) is 31.6 Å². The Bertz CT molecular complexity index is 134. The summed E-state index contributed by atoms with van der Waals surface area (Å²) in [6.45, 7) is 0. The van der Waals surface area contributed by atoms with Crippen molar-refractivity contribution in [2.45, 2.75) is 38.2 Å². The van der Waals surface area contributed by atoms with Gasteiger partial charge in [0.05, 0.1) is 6.10 Å². The molecule has 10 heavy (non-hydrogen) atoms. The van der Waals surface area contributed by atoms with Crippen LogP contribution in [0.1, 0.15) is 32.1 Å². The summed E-state index contributed by atoms with van der Waals surface area (Å²) in [5.74, 6) is 3.33. The van der Waals surface area contributed by atoms with Crippen molar-refractivity contribution in [3.63, 3.8) is 0 Å². The van der Waals surface area contributed by atoms with E-state index in [0.29, 0.717) is 5.92 Å². The van der Waals surface area contributed by atoms with Crippen LogP contribution in [0.4, 0.5) is 0 Å². The fourth-order valence-electron chi connectivity index (χ4n) is 1.60. The number of hydrogen-bond donors (Lipinski definition) is 1. The van der Waals surface area contributed by atoms with E-state index in [-0.39, 0.29) is 6.10 Å². The standard InChI is InChI=1S/C9H14O/c1-2-3-4-8-5-6-9(10)7-8/h1,8-10H,3-7H2. The average molecular weight is 138 g/mol. The third kappa shape index (κ3) is 2.04. The number of terminal acetylenes is 1. The minimum absolute atomic E-state index is 0.0391. The zero-order valence-electron chi connectivity index (χ0n) is 6.21. The van der Waals surface area contributed by atoms with E-state index in [1.54, 1.807) is 0 Å². The second-order valence-corrected chi connectivity index (χ2v) is 3.08. The van der Waals surface area contributed by atoms with Gasteiger partial charge in [-0.2, -0.15) is 0 Å². The predicted molar refractivity (Wildman–Crippen MR) is 41.4 cm³/mol. The van der Waals surface area contributed by atoms with Crippen LogP contribution in [0.3, 0.4) is 0 Å². The first-order valence-corrected chi connectivity index (χ1v) is 3.94. The minimum Gasteiger partial charge on any atom is -0.393 e. The summed E-state index contributed by atoms with van der Waals surface area (Å²) in [4.78, 5) is 0. The van der Waals surface area contributed by atoms with E-state index in [4.69, 9.17) is 11.5 Å². The van der Waals surface area contributed by atoms with Crippen LogP contribution in [-0.4, -0.2) is 11.2 Å². The van der Waals surface area contributed by atoms with Crippen LogP contribution in [0.5, 0.6) is 0 Å². The fraction of sp³-hybridized carbons (Fsp3) is 0.778. The summed E-state index contributed by atoms with van der Waals surface area (Å²) in [6, 6.07) is 0.